The number of para-hydroxylation sites is 1. The number of halogens is 3. The average Bonchev–Trinajstić information content (AvgIpc) is 3.12. The van der Waals surface area contributed by atoms with Gasteiger partial charge in [0, 0.05) is 5.56 Å². The van der Waals surface area contributed by atoms with Crippen molar-refractivity contribution >= 4 is 33.1 Å². The van der Waals surface area contributed by atoms with Gasteiger partial charge in [0.15, 0.2) is 5.52 Å². The van der Waals surface area contributed by atoms with Crippen LogP contribution in [0.4, 0.5) is 18.9 Å². The summed E-state index contributed by atoms with van der Waals surface area (Å²) in [5.74, 6) is -0.809. The van der Waals surface area contributed by atoms with Gasteiger partial charge in [-0.15, -0.1) is 11.3 Å². The molecule has 0 spiro atoms. The summed E-state index contributed by atoms with van der Waals surface area (Å²) in [5.41, 5.74) is -0.573. The molecule has 6 nitrogen and oxygen atoms in total. The number of aromatic nitrogens is 3. The number of carbonyl (C=O) groups is 1. The van der Waals surface area contributed by atoms with E-state index in [1.807, 2.05) is 30.3 Å². The van der Waals surface area contributed by atoms with Gasteiger partial charge in [0.25, 0.3) is 5.56 Å². The van der Waals surface area contributed by atoms with E-state index in [2.05, 4.69) is 15.4 Å². The number of carbonyl (C=O) groups excluding carboxylic acids is 1. The molecule has 0 bridgehead atoms. The molecule has 0 aliphatic carbocycles. The molecule has 0 saturated carbocycles. The summed E-state index contributed by atoms with van der Waals surface area (Å²) in [4.78, 5) is 29.6. The number of thiazole rings is 1. The number of hydrogen-bond acceptors (Lipinski definition) is 5. The predicted molar refractivity (Wildman–Crippen MR) is 112 cm³/mol. The third-order valence-corrected chi connectivity index (χ3v) is 5.43. The third kappa shape index (κ3) is 4.19. The molecule has 1 N–H and O–H groups in total. The van der Waals surface area contributed by atoms with Crippen LogP contribution in [0.25, 0.3) is 21.5 Å². The van der Waals surface area contributed by atoms with Crippen molar-refractivity contribution in [1.29, 1.82) is 0 Å². The maximum absolute atomic E-state index is 13.2. The number of rotatable bonds is 4. The lowest BCUT2D eigenvalue weighted by Gasteiger charge is -2.14. The van der Waals surface area contributed by atoms with E-state index in [9.17, 15) is 22.8 Å². The van der Waals surface area contributed by atoms with Gasteiger partial charge in [0.1, 0.15) is 12.2 Å². The standard InChI is InChI=1S/C21H15F3N4O2S/c1-12-25-18-19(31-12)17(13-7-3-2-4-8-13)27-28(20(18)30)11-16(29)26-15-10-6-5-9-14(15)21(22,23)24/h2-10H,11H2,1H3,(H,26,29). The van der Waals surface area contributed by atoms with E-state index in [4.69, 9.17) is 0 Å². The van der Waals surface area contributed by atoms with Crippen LogP contribution < -0.4 is 10.9 Å². The highest BCUT2D eigenvalue weighted by molar-refractivity contribution is 7.19. The van der Waals surface area contributed by atoms with Crippen molar-refractivity contribution in [3.63, 3.8) is 0 Å². The Morgan fingerprint density at radius 2 is 1.77 bits per heavy atom. The topological polar surface area (TPSA) is 76.9 Å². The second kappa shape index (κ2) is 7.95. The molecule has 2 aromatic heterocycles. The molecular formula is C21H15F3N4O2S. The number of anilines is 1. The van der Waals surface area contributed by atoms with Crippen molar-refractivity contribution in [2.75, 3.05) is 5.32 Å². The summed E-state index contributed by atoms with van der Waals surface area (Å²) >= 11 is 1.31. The monoisotopic (exact) mass is 444 g/mol. The van der Waals surface area contributed by atoms with E-state index in [1.165, 1.54) is 23.5 Å². The predicted octanol–water partition coefficient (Wildman–Crippen LogP) is 4.49. The van der Waals surface area contributed by atoms with Crippen molar-refractivity contribution in [3.05, 3.63) is 75.5 Å². The molecule has 158 valence electrons. The minimum atomic E-state index is -4.63. The van der Waals surface area contributed by atoms with Crippen LogP contribution >= 0.6 is 11.3 Å². The van der Waals surface area contributed by atoms with E-state index in [0.29, 0.717) is 15.4 Å². The number of fused-ring (bicyclic) bond motifs is 1. The van der Waals surface area contributed by atoms with E-state index in [-0.39, 0.29) is 11.2 Å². The fraction of sp³-hybridized carbons (Fsp3) is 0.143. The first-order valence-corrected chi connectivity index (χ1v) is 9.95. The molecule has 2 heterocycles. The zero-order valence-electron chi connectivity index (χ0n) is 16.1. The van der Waals surface area contributed by atoms with Crippen molar-refractivity contribution < 1.29 is 18.0 Å². The smallest absolute Gasteiger partial charge is 0.324 e. The van der Waals surface area contributed by atoms with E-state index < -0.39 is 29.8 Å². The molecule has 10 heteroatoms. The van der Waals surface area contributed by atoms with Crippen LogP contribution in [0.3, 0.4) is 0 Å². The van der Waals surface area contributed by atoms with Gasteiger partial charge in [-0.3, -0.25) is 9.59 Å². The number of hydrogen-bond donors (Lipinski definition) is 1. The molecule has 4 rings (SSSR count). The number of nitrogens with one attached hydrogen (secondary N) is 1. The summed E-state index contributed by atoms with van der Waals surface area (Å²) in [6.45, 7) is 1.20. The second-order valence-electron chi connectivity index (χ2n) is 6.68. The first-order chi connectivity index (χ1) is 14.7. The molecule has 0 unspecified atom stereocenters. The minimum Gasteiger partial charge on any atom is -0.324 e. The Kier molecular flexibility index (Phi) is 5.32. The molecule has 0 fully saturated rings. The Balaban J connectivity index is 1.72. The van der Waals surface area contributed by atoms with Gasteiger partial charge >= 0.3 is 6.18 Å². The second-order valence-corrected chi connectivity index (χ2v) is 7.88. The van der Waals surface area contributed by atoms with Crippen molar-refractivity contribution in [1.82, 2.24) is 14.8 Å². The Hall–Kier alpha value is -3.53. The largest absolute Gasteiger partial charge is 0.418 e. The fourth-order valence-corrected chi connectivity index (χ4v) is 4.04. The minimum absolute atomic E-state index is 0.167. The van der Waals surface area contributed by atoms with Crippen molar-refractivity contribution in [2.24, 2.45) is 0 Å². The van der Waals surface area contributed by atoms with Crippen molar-refractivity contribution in [2.45, 2.75) is 19.6 Å². The number of amides is 1. The Morgan fingerprint density at radius 3 is 2.48 bits per heavy atom. The Labute approximate surface area is 178 Å². The zero-order valence-corrected chi connectivity index (χ0v) is 16.9. The van der Waals surface area contributed by atoms with Crippen LogP contribution in [-0.2, 0) is 17.5 Å². The molecule has 4 aromatic rings. The molecule has 1 amide bonds. The van der Waals surface area contributed by atoms with Gasteiger partial charge in [-0.2, -0.15) is 18.3 Å². The molecule has 31 heavy (non-hydrogen) atoms. The van der Waals surface area contributed by atoms with Crippen LogP contribution in [0, 0.1) is 6.92 Å². The van der Waals surface area contributed by atoms with Gasteiger partial charge in [0.2, 0.25) is 5.91 Å². The highest BCUT2D eigenvalue weighted by Crippen LogP contribution is 2.34. The highest BCUT2D eigenvalue weighted by atomic mass is 32.1. The lowest BCUT2D eigenvalue weighted by atomic mass is 10.1. The number of nitrogens with zero attached hydrogens (tertiary/aromatic N) is 3. The summed E-state index contributed by atoms with van der Waals surface area (Å²) < 4.78 is 41.1. The molecule has 0 saturated heterocycles. The third-order valence-electron chi connectivity index (χ3n) is 4.45. The molecule has 0 radical (unpaired) electrons. The summed E-state index contributed by atoms with van der Waals surface area (Å²) in [6, 6.07) is 13.7. The molecular weight excluding hydrogens is 429 g/mol. The van der Waals surface area contributed by atoms with E-state index >= 15 is 0 Å². The molecule has 0 atom stereocenters. The Morgan fingerprint density at radius 1 is 1.10 bits per heavy atom. The van der Waals surface area contributed by atoms with Crippen LogP contribution in [0.1, 0.15) is 10.6 Å². The van der Waals surface area contributed by atoms with E-state index in [0.717, 1.165) is 22.4 Å². The highest BCUT2D eigenvalue weighted by Gasteiger charge is 2.33. The van der Waals surface area contributed by atoms with Crippen LogP contribution in [-0.4, -0.2) is 20.7 Å². The van der Waals surface area contributed by atoms with Crippen LogP contribution in [0.2, 0.25) is 0 Å². The van der Waals surface area contributed by atoms with Gasteiger partial charge in [-0.25, -0.2) is 9.67 Å². The summed E-state index contributed by atoms with van der Waals surface area (Å²) in [5, 5.41) is 7.22. The normalized spacial score (nSPS) is 11.6. The summed E-state index contributed by atoms with van der Waals surface area (Å²) in [7, 11) is 0. The zero-order chi connectivity index (χ0) is 22.2. The lowest BCUT2D eigenvalue weighted by molar-refractivity contribution is -0.137. The van der Waals surface area contributed by atoms with Gasteiger partial charge in [-0.05, 0) is 19.1 Å². The maximum atomic E-state index is 13.2. The number of alkyl halides is 3. The lowest BCUT2D eigenvalue weighted by Crippen LogP contribution is -2.30. The fourth-order valence-electron chi connectivity index (χ4n) is 3.12. The van der Waals surface area contributed by atoms with Gasteiger partial charge in [-0.1, -0.05) is 42.5 Å². The maximum Gasteiger partial charge on any atom is 0.418 e. The van der Waals surface area contributed by atoms with E-state index in [1.54, 1.807) is 6.92 Å². The van der Waals surface area contributed by atoms with Gasteiger partial charge in [0.05, 0.1) is 21.0 Å². The number of benzene rings is 2. The summed E-state index contributed by atoms with van der Waals surface area (Å²) in [6.07, 6.45) is -4.63. The SMILES string of the molecule is Cc1nc2c(=O)n(CC(=O)Nc3ccccc3C(F)(F)F)nc(-c3ccccc3)c2s1. The average molecular weight is 444 g/mol. The molecule has 0 aliphatic rings. The first-order valence-electron chi connectivity index (χ1n) is 9.14. The first kappa shape index (κ1) is 20.7. The van der Waals surface area contributed by atoms with Crippen LogP contribution in [0.5, 0.6) is 0 Å². The van der Waals surface area contributed by atoms with Gasteiger partial charge < -0.3 is 5.32 Å². The van der Waals surface area contributed by atoms with Crippen LogP contribution in [0.15, 0.2) is 59.4 Å². The van der Waals surface area contributed by atoms with Crippen molar-refractivity contribution in [3.8, 4) is 11.3 Å². The molecule has 0 aliphatic heterocycles. The quantitative estimate of drug-likeness (QED) is 0.503. The molecule has 2 aromatic carbocycles. The number of aryl methyl sites for hydroxylation is 1. The Bertz CT molecular complexity index is 1330.